The fourth-order valence-corrected chi connectivity index (χ4v) is 3.12. The molecule has 0 saturated carbocycles. The smallest absolute Gasteiger partial charge is 0.307 e. The Morgan fingerprint density at radius 1 is 1.38 bits per heavy atom. The summed E-state index contributed by atoms with van der Waals surface area (Å²) in [6.07, 6.45) is -0.441. The summed E-state index contributed by atoms with van der Waals surface area (Å²) >= 11 is 0. The molecule has 0 N–H and O–H groups in total. The number of nitrogens with zero attached hydrogens (tertiary/aromatic N) is 2. The topological polar surface area (TPSA) is 91.4 Å². The van der Waals surface area contributed by atoms with E-state index in [1.807, 2.05) is 6.07 Å². The first-order valence-corrected chi connectivity index (χ1v) is 7.52. The standard InChI is InChI=1S/C13H9FN2O4S/c14-21(18,19)8-5-12(17)16(7-8)13-9-3-1-2-4-10(9)20-11(13)6-15/h1-4,8H,5,7H2. The van der Waals surface area contributed by atoms with Crippen molar-refractivity contribution >= 4 is 32.8 Å². The maximum atomic E-state index is 13.1. The average molecular weight is 308 g/mol. The van der Waals surface area contributed by atoms with Crippen molar-refractivity contribution in [3.63, 3.8) is 0 Å². The number of carbonyl (C=O) groups is 1. The molecule has 1 aromatic heterocycles. The third-order valence-corrected chi connectivity index (χ3v) is 4.54. The first-order chi connectivity index (χ1) is 9.91. The third-order valence-electron chi connectivity index (χ3n) is 3.43. The van der Waals surface area contributed by atoms with Crippen LogP contribution in [0.15, 0.2) is 28.7 Å². The summed E-state index contributed by atoms with van der Waals surface area (Å²) in [6.45, 7) is -0.324. The van der Waals surface area contributed by atoms with E-state index >= 15 is 0 Å². The minimum absolute atomic E-state index is 0.0959. The lowest BCUT2D eigenvalue weighted by Gasteiger charge is -2.14. The van der Waals surface area contributed by atoms with Crippen LogP contribution in [0.5, 0.6) is 0 Å². The summed E-state index contributed by atoms with van der Waals surface area (Å²) in [5.74, 6) is -0.647. The summed E-state index contributed by atoms with van der Waals surface area (Å²) in [5.41, 5.74) is 0.604. The van der Waals surface area contributed by atoms with Crippen LogP contribution in [0.3, 0.4) is 0 Å². The summed E-state index contributed by atoms with van der Waals surface area (Å²) in [7, 11) is -4.81. The number of hydrogen-bond donors (Lipinski definition) is 0. The normalized spacial score (nSPS) is 19.1. The van der Waals surface area contributed by atoms with Crippen LogP contribution in [0.1, 0.15) is 12.2 Å². The van der Waals surface area contributed by atoms with Crippen molar-refractivity contribution in [2.24, 2.45) is 0 Å². The van der Waals surface area contributed by atoms with E-state index < -0.39 is 27.8 Å². The molecule has 108 valence electrons. The van der Waals surface area contributed by atoms with Gasteiger partial charge in [0.15, 0.2) is 0 Å². The highest BCUT2D eigenvalue weighted by molar-refractivity contribution is 7.87. The van der Waals surface area contributed by atoms with Crippen LogP contribution in [0, 0.1) is 11.3 Å². The molecule has 3 rings (SSSR count). The zero-order valence-electron chi connectivity index (χ0n) is 10.6. The molecule has 2 aromatic rings. The quantitative estimate of drug-likeness (QED) is 0.788. The first-order valence-electron chi connectivity index (χ1n) is 6.07. The van der Waals surface area contributed by atoms with E-state index in [-0.39, 0.29) is 18.0 Å². The van der Waals surface area contributed by atoms with Crippen LogP contribution in [-0.4, -0.2) is 26.1 Å². The number of halogens is 1. The average Bonchev–Trinajstić information content (AvgIpc) is 2.98. The SMILES string of the molecule is N#Cc1oc2ccccc2c1N1CC(S(=O)(=O)F)CC1=O. The Morgan fingerprint density at radius 3 is 2.71 bits per heavy atom. The van der Waals surface area contributed by atoms with E-state index in [2.05, 4.69) is 0 Å². The first kappa shape index (κ1) is 13.6. The number of furan rings is 1. The second-order valence-electron chi connectivity index (χ2n) is 4.69. The highest BCUT2D eigenvalue weighted by atomic mass is 32.3. The van der Waals surface area contributed by atoms with Crippen molar-refractivity contribution < 1.29 is 21.5 Å². The number of para-hydroxylation sites is 1. The fourth-order valence-electron chi connectivity index (χ4n) is 2.46. The lowest BCUT2D eigenvalue weighted by molar-refractivity contribution is -0.117. The molecule has 0 bridgehead atoms. The molecular formula is C13H9FN2O4S. The van der Waals surface area contributed by atoms with Gasteiger partial charge in [0, 0.05) is 18.4 Å². The van der Waals surface area contributed by atoms with Gasteiger partial charge in [-0.3, -0.25) is 4.79 Å². The number of nitriles is 1. The Labute approximate surface area is 119 Å². The van der Waals surface area contributed by atoms with Gasteiger partial charge in [-0.2, -0.15) is 13.7 Å². The molecule has 1 fully saturated rings. The molecule has 1 atom stereocenters. The number of hydrogen-bond acceptors (Lipinski definition) is 5. The van der Waals surface area contributed by atoms with E-state index in [1.54, 1.807) is 24.3 Å². The Balaban J connectivity index is 2.13. The van der Waals surface area contributed by atoms with Gasteiger partial charge < -0.3 is 9.32 Å². The van der Waals surface area contributed by atoms with Crippen LogP contribution in [0.25, 0.3) is 11.0 Å². The van der Waals surface area contributed by atoms with Crippen molar-refractivity contribution in [1.29, 1.82) is 5.26 Å². The zero-order valence-corrected chi connectivity index (χ0v) is 11.4. The van der Waals surface area contributed by atoms with Crippen LogP contribution in [0.2, 0.25) is 0 Å². The summed E-state index contributed by atoms with van der Waals surface area (Å²) < 4.78 is 40.4. The number of anilines is 1. The second-order valence-corrected chi connectivity index (χ2v) is 6.31. The predicted molar refractivity (Wildman–Crippen MR) is 71.7 cm³/mol. The van der Waals surface area contributed by atoms with E-state index in [4.69, 9.17) is 9.68 Å². The van der Waals surface area contributed by atoms with Crippen molar-refractivity contribution in [3.8, 4) is 6.07 Å². The Kier molecular flexibility index (Phi) is 2.95. The zero-order chi connectivity index (χ0) is 15.2. The largest absolute Gasteiger partial charge is 0.443 e. The van der Waals surface area contributed by atoms with Crippen LogP contribution < -0.4 is 4.90 Å². The van der Waals surface area contributed by atoms with Gasteiger partial charge in [-0.15, -0.1) is 3.89 Å². The van der Waals surface area contributed by atoms with E-state index in [0.717, 1.165) is 4.90 Å². The van der Waals surface area contributed by atoms with Gasteiger partial charge in [0.1, 0.15) is 22.6 Å². The molecule has 1 unspecified atom stereocenters. The molecule has 0 radical (unpaired) electrons. The Morgan fingerprint density at radius 2 is 2.10 bits per heavy atom. The van der Waals surface area contributed by atoms with Gasteiger partial charge in [-0.1, -0.05) is 12.1 Å². The molecule has 0 spiro atoms. The highest BCUT2D eigenvalue weighted by Gasteiger charge is 2.41. The molecule has 8 heteroatoms. The van der Waals surface area contributed by atoms with Crippen LogP contribution in [-0.2, 0) is 15.0 Å². The molecule has 1 saturated heterocycles. The monoisotopic (exact) mass is 308 g/mol. The number of rotatable bonds is 2. The molecule has 21 heavy (non-hydrogen) atoms. The van der Waals surface area contributed by atoms with E-state index in [9.17, 15) is 17.1 Å². The van der Waals surface area contributed by atoms with Gasteiger partial charge in [-0.05, 0) is 12.1 Å². The van der Waals surface area contributed by atoms with Gasteiger partial charge in [-0.25, -0.2) is 0 Å². The van der Waals surface area contributed by atoms with Crippen molar-refractivity contribution in [3.05, 3.63) is 30.0 Å². The minimum atomic E-state index is -4.81. The highest BCUT2D eigenvalue weighted by Crippen LogP contribution is 2.36. The summed E-state index contributed by atoms with van der Waals surface area (Å²) in [4.78, 5) is 13.1. The third kappa shape index (κ3) is 2.15. The van der Waals surface area contributed by atoms with Crippen LogP contribution in [0.4, 0.5) is 9.57 Å². The van der Waals surface area contributed by atoms with Gasteiger partial charge >= 0.3 is 10.2 Å². The van der Waals surface area contributed by atoms with E-state index in [1.165, 1.54) is 0 Å². The summed E-state index contributed by atoms with van der Waals surface area (Å²) in [5, 5.41) is 8.22. The molecule has 1 aliphatic heterocycles. The molecule has 1 aliphatic rings. The molecule has 2 heterocycles. The molecule has 1 amide bonds. The lowest BCUT2D eigenvalue weighted by Crippen LogP contribution is -2.27. The summed E-state index contributed by atoms with van der Waals surface area (Å²) in [6, 6.07) is 8.52. The lowest BCUT2D eigenvalue weighted by atomic mass is 10.2. The van der Waals surface area contributed by atoms with Crippen LogP contribution >= 0.6 is 0 Å². The van der Waals surface area contributed by atoms with Gasteiger partial charge in [0.2, 0.25) is 11.7 Å². The van der Waals surface area contributed by atoms with E-state index in [0.29, 0.717) is 11.0 Å². The number of fused-ring (bicyclic) bond motifs is 1. The number of carbonyl (C=O) groups excluding carboxylic acids is 1. The maximum Gasteiger partial charge on any atom is 0.307 e. The molecule has 1 aromatic carbocycles. The minimum Gasteiger partial charge on any atom is -0.443 e. The Bertz CT molecular complexity index is 881. The Hall–Kier alpha value is -2.40. The van der Waals surface area contributed by atoms with Crippen molar-refractivity contribution in [2.75, 3.05) is 11.4 Å². The molecule has 6 nitrogen and oxygen atoms in total. The molecule has 0 aliphatic carbocycles. The second kappa shape index (κ2) is 4.56. The van der Waals surface area contributed by atoms with Gasteiger partial charge in [0.25, 0.3) is 0 Å². The fraction of sp³-hybridized carbons (Fsp3) is 0.231. The number of amides is 1. The molecular weight excluding hydrogens is 299 g/mol. The predicted octanol–water partition coefficient (Wildman–Crippen LogP) is 1.71. The van der Waals surface area contributed by atoms with Crippen molar-refractivity contribution in [2.45, 2.75) is 11.7 Å². The van der Waals surface area contributed by atoms with Gasteiger partial charge in [0.05, 0.1) is 0 Å². The maximum absolute atomic E-state index is 13.1. The van der Waals surface area contributed by atoms with Crippen molar-refractivity contribution in [1.82, 2.24) is 0 Å². The number of benzene rings is 1.